The lowest BCUT2D eigenvalue weighted by Crippen LogP contribution is -2.29. The van der Waals surface area contributed by atoms with Gasteiger partial charge in [-0.2, -0.15) is 0 Å². The Balaban J connectivity index is 1.67. The van der Waals surface area contributed by atoms with Crippen LogP contribution in [0.15, 0.2) is 18.2 Å². The summed E-state index contributed by atoms with van der Waals surface area (Å²) in [5.74, 6) is 0. The van der Waals surface area contributed by atoms with E-state index in [0.717, 1.165) is 31.7 Å². The number of thiazole rings is 1. The smallest absolute Gasteiger partial charge is 0.413 e. The molecule has 1 aromatic heterocycles. The molecule has 0 radical (unpaired) electrons. The zero-order valence-electron chi connectivity index (χ0n) is 14.4. The topological polar surface area (TPSA) is 54.5 Å². The highest BCUT2D eigenvalue weighted by Crippen LogP contribution is 2.29. The van der Waals surface area contributed by atoms with Crippen LogP contribution < -0.4 is 5.32 Å². The first-order valence-corrected chi connectivity index (χ1v) is 9.07. The van der Waals surface area contributed by atoms with Gasteiger partial charge in [0.25, 0.3) is 0 Å². The summed E-state index contributed by atoms with van der Waals surface area (Å²) in [5, 5.41) is 3.34. The quantitative estimate of drug-likeness (QED) is 0.913. The number of aromatic nitrogens is 1. The van der Waals surface area contributed by atoms with E-state index in [4.69, 9.17) is 4.74 Å². The Bertz CT molecular complexity index is 742. The molecule has 0 fully saturated rings. The molecule has 2 heterocycles. The summed E-state index contributed by atoms with van der Waals surface area (Å²) >= 11 is 1.55. The molecule has 3 rings (SSSR count). The van der Waals surface area contributed by atoms with E-state index in [0.29, 0.717) is 11.7 Å². The molecule has 1 N–H and O–H groups in total. The number of aryl methyl sites for hydroxylation is 2. The number of amides is 1. The number of ether oxygens (including phenoxy) is 1. The lowest BCUT2D eigenvalue weighted by atomic mass is 10.0. The monoisotopic (exact) mass is 345 g/mol. The highest BCUT2D eigenvalue weighted by molar-refractivity contribution is 7.15. The number of nitrogens with one attached hydrogen (secondary N) is 1. The zero-order valence-corrected chi connectivity index (χ0v) is 15.2. The van der Waals surface area contributed by atoms with Gasteiger partial charge in [-0.15, -0.1) is 0 Å². The van der Waals surface area contributed by atoms with E-state index in [2.05, 4.69) is 47.2 Å². The van der Waals surface area contributed by atoms with Crippen molar-refractivity contribution >= 4 is 22.6 Å². The van der Waals surface area contributed by atoms with Gasteiger partial charge in [0.15, 0.2) is 5.13 Å². The third-order valence-electron chi connectivity index (χ3n) is 4.19. The second kappa shape index (κ2) is 7.32. The summed E-state index contributed by atoms with van der Waals surface area (Å²) < 4.78 is 4.91. The number of hydrogen-bond acceptors (Lipinski definition) is 5. The molecule has 0 aliphatic carbocycles. The van der Waals surface area contributed by atoms with E-state index in [-0.39, 0.29) is 0 Å². The Morgan fingerprint density at radius 1 is 1.42 bits per heavy atom. The standard InChI is InChI=1S/C18H23N3O2S/c1-4-23-18(22)20-17-19-15-7-8-21(11-16(15)24-17)10-14-9-12(2)5-6-13(14)3/h5-6,9H,4,7-8,10-11H2,1-3H3,(H,19,20,22). The van der Waals surface area contributed by atoms with Gasteiger partial charge in [0.2, 0.25) is 0 Å². The Kier molecular flexibility index (Phi) is 5.16. The van der Waals surface area contributed by atoms with Crippen LogP contribution in [0.1, 0.15) is 34.2 Å². The average molecular weight is 345 g/mol. The highest BCUT2D eigenvalue weighted by Gasteiger charge is 2.22. The van der Waals surface area contributed by atoms with Crippen molar-refractivity contribution in [2.45, 2.75) is 40.3 Å². The molecule has 24 heavy (non-hydrogen) atoms. The highest BCUT2D eigenvalue weighted by atomic mass is 32.1. The molecule has 1 aliphatic heterocycles. The molecule has 0 saturated carbocycles. The van der Waals surface area contributed by atoms with Crippen LogP contribution in [0.25, 0.3) is 0 Å². The molecular formula is C18H23N3O2S. The summed E-state index contributed by atoms with van der Waals surface area (Å²) in [6, 6.07) is 6.61. The Labute approximate surface area is 146 Å². The van der Waals surface area contributed by atoms with Crippen molar-refractivity contribution in [1.82, 2.24) is 9.88 Å². The number of hydrogen-bond donors (Lipinski definition) is 1. The van der Waals surface area contributed by atoms with E-state index < -0.39 is 6.09 Å². The Morgan fingerprint density at radius 2 is 2.25 bits per heavy atom. The van der Waals surface area contributed by atoms with Crippen LogP contribution in [0.4, 0.5) is 9.93 Å². The minimum Gasteiger partial charge on any atom is -0.450 e. The van der Waals surface area contributed by atoms with E-state index >= 15 is 0 Å². The summed E-state index contributed by atoms with van der Waals surface area (Å²) in [6.07, 6.45) is 0.483. The Hall–Kier alpha value is -1.92. The van der Waals surface area contributed by atoms with Crippen LogP contribution in [-0.4, -0.2) is 29.1 Å². The maximum atomic E-state index is 11.5. The van der Waals surface area contributed by atoms with E-state index in [9.17, 15) is 4.79 Å². The zero-order chi connectivity index (χ0) is 17.1. The summed E-state index contributed by atoms with van der Waals surface area (Å²) in [5.41, 5.74) is 5.12. The van der Waals surface area contributed by atoms with Crippen LogP contribution in [0.2, 0.25) is 0 Å². The van der Waals surface area contributed by atoms with Gasteiger partial charge in [-0.3, -0.25) is 10.2 Å². The largest absolute Gasteiger partial charge is 0.450 e. The van der Waals surface area contributed by atoms with Crippen molar-refractivity contribution in [3.63, 3.8) is 0 Å². The van der Waals surface area contributed by atoms with Crippen LogP contribution in [-0.2, 0) is 24.2 Å². The first kappa shape index (κ1) is 16.9. The molecule has 128 valence electrons. The van der Waals surface area contributed by atoms with Crippen molar-refractivity contribution < 1.29 is 9.53 Å². The predicted octanol–water partition coefficient (Wildman–Crippen LogP) is 3.89. The Morgan fingerprint density at radius 3 is 3.04 bits per heavy atom. The molecular weight excluding hydrogens is 322 g/mol. The van der Waals surface area contributed by atoms with E-state index in [1.807, 2.05) is 0 Å². The van der Waals surface area contributed by atoms with Gasteiger partial charge in [0, 0.05) is 30.9 Å². The minimum atomic E-state index is -0.434. The molecule has 0 atom stereocenters. The van der Waals surface area contributed by atoms with Gasteiger partial charge in [0.05, 0.1) is 12.3 Å². The number of nitrogens with zero attached hydrogens (tertiary/aromatic N) is 2. The number of carbonyl (C=O) groups is 1. The maximum absolute atomic E-state index is 11.5. The first-order valence-electron chi connectivity index (χ1n) is 8.26. The van der Waals surface area contributed by atoms with Crippen molar-refractivity contribution in [1.29, 1.82) is 0 Å². The van der Waals surface area contributed by atoms with Crippen LogP contribution >= 0.6 is 11.3 Å². The first-order chi connectivity index (χ1) is 11.5. The molecule has 0 saturated heterocycles. The second-order valence-corrected chi connectivity index (χ2v) is 7.21. The van der Waals surface area contributed by atoms with Crippen molar-refractivity contribution in [3.8, 4) is 0 Å². The molecule has 0 unspecified atom stereocenters. The van der Waals surface area contributed by atoms with Crippen LogP contribution in [0.5, 0.6) is 0 Å². The van der Waals surface area contributed by atoms with Gasteiger partial charge in [0.1, 0.15) is 0 Å². The summed E-state index contributed by atoms with van der Waals surface area (Å²) in [4.78, 5) is 19.7. The number of rotatable bonds is 4. The minimum absolute atomic E-state index is 0.362. The van der Waals surface area contributed by atoms with Crippen molar-refractivity contribution in [3.05, 3.63) is 45.5 Å². The fraction of sp³-hybridized carbons (Fsp3) is 0.444. The molecule has 1 amide bonds. The van der Waals surface area contributed by atoms with Gasteiger partial charge in [-0.25, -0.2) is 9.78 Å². The average Bonchev–Trinajstić information content (AvgIpc) is 2.92. The molecule has 2 aromatic rings. The van der Waals surface area contributed by atoms with Crippen molar-refractivity contribution in [2.75, 3.05) is 18.5 Å². The van der Waals surface area contributed by atoms with Gasteiger partial charge in [-0.1, -0.05) is 35.1 Å². The molecule has 5 nitrogen and oxygen atoms in total. The third-order valence-corrected chi connectivity index (χ3v) is 5.19. The molecule has 0 spiro atoms. The van der Waals surface area contributed by atoms with E-state index in [1.54, 1.807) is 18.3 Å². The molecule has 0 bridgehead atoms. The van der Waals surface area contributed by atoms with Gasteiger partial charge >= 0.3 is 6.09 Å². The lowest BCUT2D eigenvalue weighted by Gasteiger charge is -2.26. The number of anilines is 1. The van der Waals surface area contributed by atoms with Crippen LogP contribution in [0, 0.1) is 13.8 Å². The third kappa shape index (κ3) is 3.94. The fourth-order valence-corrected chi connectivity index (χ4v) is 3.94. The maximum Gasteiger partial charge on any atom is 0.413 e. The van der Waals surface area contributed by atoms with Crippen molar-refractivity contribution in [2.24, 2.45) is 0 Å². The molecule has 1 aliphatic rings. The normalized spacial score (nSPS) is 14.3. The summed E-state index contributed by atoms with van der Waals surface area (Å²) in [6.45, 7) is 9.27. The number of carbonyl (C=O) groups excluding carboxylic acids is 1. The molecule has 6 heteroatoms. The van der Waals surface area contributed by atoms with Crippen LogP contribution in [0.3, 0.4) is 0 Å². The lowest BCUT2D eigenvalue weighted by molar-refractivity contribution is 0.168. The van der Waals surface area contributed by atoms with E-state index in [1.165, 1.54) is 21.6 Å². The SMILES string of the molecule is CCOC(=O)Nc1nc2c(s1)CN(Cc1cc(C)ccc1C)CC2. The predicted molar refractivity (Wildman–Crippen MR) is 96.5 cm³/mol. The summed E-state index contributed by atoms with van der Waals surface area (Å²) in [7, 11) is 0. The van der Waals surface area contributed by atoms with Gasteiger partial charge < -0.3 is 4.74 Å². The fourth-order valence-electron chi connectivity index (χ4n) is 2.90. The molecule has 1 aromatic carbocycles. The number of benzene rings is 1. The number of fused-ring (bicyclic) bond motifs is 1. The second-order valence-electron chi connectivity index (χ2n) is 6.12. The van der Waals surface area contributed by atoms with Gasteiger partial charge in [-0.05, 0) is 31.9 Å².